The molecule has 0 aliphatic rings. The van der Waals surface area contributed by atoms with Crippen molar-refractivity contribution >= 4 is 11.6 Å². The van der Waals surface area contributed by atoms with Gasteiger partial charge in [-0.15, -0.1) is 0 Å². The van der Waals surface area contributed by atoms with Gasteiger partial charge in [0.2, 0.25) is 0 Å². The Bertz CT molecular complexity index is 622. The fourth-order valence-corrected chi connectivity index (χ4v) is 2.47. The molecule has 4 heteroatoms. The van der Waals surface area contributed by atoms with E-state index >= 15 is 0 Å². The lowest BCUT2D eigenvalue weighted by Crippen LogP contribution is -2.29. The van der Waals surface area contributed by atoms with Crippen LogP contribution in [0, 0.1) is 5.41 Å². The zero-order valence-corrected chi connectivity index (χ0v) is 13.0. The first-order valence-electron chi connectivity index (χ1n) is 7.68. The van der Waals surface area contributed by atoms with Crippen molar-refractivity contribution in [2.45, 2.75) is 19.8 Å². The SMILES string of the molecule is CCNC(=N)Nc1cccc(Cc2ccccc2CCN)c1. The molecule has 0 bridgehead atoms. The first-order valence-corrected chi connectivity index (χ1v) is 7.68. The molecule has 0 amide bonds. The lowest BCUT2D eigenvalue weighted by atomic mass is 9.98. The van der Waals surface area contributed by atoms with Gasteiger partial charge in [0.25, 0.3) is 0 Å². The van der Waals surface area contributed by atoms with Gasteiger partial charge < -0.3 is 16.4 Å². The maximum absolute atomic E-state index is 7.77. The molecule has 0 aliphatic carbocycles. The topological polar surface area (TPSA) is 73.9 Å². The van der Waals surface area contributed by atoms with Gasteiger partial charge in [-0.05, 0) is 55.1 Å². The molecule has 0 spiro atoms. The lowest BCUT2D eigenvalue weighted by Gasteiger charge is -2.12. The van der Waals surface area contributed by atoms with Gasteiger partial charge in [0.15, 0.2) is 5.96 Å². The van der Waals surface area contributed by atoms with E-state index in [0.29, 0.717) is 12.5 Å². The van der Waals surface area contributed by atoms with Crippen LogP contribution >= 0.6 is 0 Å². The Morgan fingerprint density at radius 3 is 2.59 bits per heavy atom. The Morgan fingerprint density at radius 2 is 1.86 bits per heavy atom. The summed E-state index contributed by atoms with van der Waals surface area (Å²) in [5, 5.41) is 13.8. The Labute approximate surface area is 132 Å². The maximum atomic E-state index is 7.77. The summed E-state index contributed by atoms with van der Waals surface area (Å²) in [4.78, 5) is 0. The van der Waals surface area contributed by atoms with Gasteiger partial charge in [-0.1, -0.05) is 36.4 Å². The van der Waals surface area contributed by atoms with E-state index in [1.165, 1.54) is 16.7 Å². The molecule has 0 heterocycles. The van der Waals surface area contributed by atoms with Crippen LogP contribution in [0.25, 0.3) is 0 Å². The standard InChI is InChI=1S/C18H24N4/c1-2-21-18(20)22-17-9-5-6-14(13-17)12-16-8-4-3-7-15(16)10-11-19/h3-9,13H,2,10-12,19H2,1H3,(H3,20,21,22). The predicted molar refractivity (Wildman–Crippen MR) is 93.5 cm³/mol. The van der Waals surface area contributed by atoms with Crippen LogP contribution in [0.2, 0.25) is 0 Å². The van der Waals surface area contributed by atoms with Crippen molar-refractivity contribution in [1.29, 1.82) is 5.41 Å². The molecular weight excluding hydrogens is 272 g/mol. The van der Waals surface area contributed by atoms with Crippen LogP contribution in [0.5, 0.6) is 0 Å². The van der Waals surface area contributed by atoms with E-state index < -0.39 is 0 Å². The number of rotatable bonds is 6. The molecule has 0 fully saturated rings. The zero-order chi connectivity index (χ0) is 15.8. The van der Waals surface area contributed by atoms with Gasteiger partial charge in [0.1, 0.15) is 0 Å². The van der Waals surface area contributed by atoms with E-state index in [1.54, 1.807) is 0 Å². The molecule has 116 valence electrons. The summed E-state index contributed by atoms with van der Waals surface area (Å²) < 4.78 is 0. The smallest absolute Gasteiger partial charge is 0.192 e. The monoisotopic (exact) mass is 296 g/mol. The summed E-state index contributed by atoms with van der Waals surface area (Å²) in [5.41, 5.74) is 10.5. The van der Waals surface area contributed by atoms with Crippen LogP contribution in [-0.2, 0) is 12.8 Å². The van der Waals surface area contributed by atoms with Crippen LogP contribution in [0.3, 0.4) is 0 Å². The molecular formula is C18H24N4. The second-order valence-corrected chi connectivity index (χ2v) is 5.21. The van der Waals surface area contributed by atoms with Crippen LogP contribution in [0.1, 0.15) is 23.6 Å². The third kappa shape index (κ3) is 4.60. The zero-order valence-electron chi connectivity index (χ0n) is 13.0. The van der Waals surface area contributed by atoms with Crippen molar-refractivity contribution in [3.63, 3.8) is 0 Å². The second kappa shape index (κ2) is 8.20. The van der Waals surface area contributed by atoms with Gasteiger partial charge in [0.05, 0.1) is 0 Å². The van der Waals surface area contributed by atoms with Crippen molar-refractivity contribution in [3.05, 3.63) is 65.2 Å². The average Bonchev–Trinajstić information content (AvgIpc) is 2.50. The van der Waals surface area contributed by atoms with Crippen LogP contribution in [0.15, 0.2) is 48.5 Å². The molecule has 0 aliphatic heterocycles. The maximum Gasteiger partial charge on any atom is 0.192 e. The van der Waals surface area contributed by atoms with E-state index in [1.807, 2.05) is 19.1 Å². The highest BCUT2D eigenvalue weighted by Crippen LogP contribution is 2.17. The molecule has 2 aromatic carbocycles. The number of nitrogens with two attached hydrogens (primary N) is 1. The summed E-state index contributed by atoms with van der Waals surface area (Å²) in [7, 11) is 0. The van der Waals surface area contributed by atoms with Crippen molar-refractivity contribution in [1.82, 2.24) is 5.32 Å². The third-order valence-electron chi connectivity index (χ3n) is 3.48. The fraction of sp³-hybridized carbons (Fsp3) is 0.278. The Kier molecular flexibility index (Phi) is 5.98. The molecule has 5 N–H and O–H groups in total. The number of hydrogen-bond acceptors (Lipinski definition) is 2. The minimum absolute atomic E-state index is 0.322. The second-order valence-electron chi connectivity index (χ2n) is 5.21. The summed E-state index contributed by atoms with van der Waals surface area (Å²) in [6.45, 7) is 3.37. The van der Waals surface area contributed by atoms with Gasteiger partial charge in [0, 0.05) is 12.2 Å². The first kappa shape index (κ1) is 16.0. The normalized spacial score (nSPS) is 10.3. The van der Waals surface area contributed by atoms with Gasteiger partial charge >= 0.3 is 0 Å². The molecule has 0 aromatic heterocycles. The summed E-state index contributed by atoms with van der Waals surface area (Å²) in [6, 6.07) is 16.6. The van der Waals surface area contributed by atoms with Crippen molar-refractivity contribution < 1.29 is 0 Å². The average molecular weight is 296 g/mol. The molecule has 22 heavy (non-hydrogen) atoms. The van der Waals surface area contributed by atoms with Crippen molar-refractivity contribution in [2.75, 3.05) is 18.4 Å². The predicted octanol–water partition coefficient (Wildman–Crippen LogP) is 2.73. The quantitative estimate of drug-likeness (QED) is 0.489. The Hall–Kier alpha value is -2.33. The van der Waals surface area contributed by atoms with Gasteiger partial charge in [-0.25, -0.2) is 0 Å². The molecule has 2 aromatic rings. The summed E-state index contributed by atoms with van der Waals surface area (Å²) in [5.74, 6) is 0.322. The molecule has 0 radical (unpaired) electrons. The van der Waals surface area contributed by atoms with Crippen LogP contribution in [-0.4, -0.2) is 19.0 Å². The van der Waals surface area contributed by atoms with Gasteiger partial charge in [-0.2, -0.15) is 0 Å². The van der Waals surface area contributed by atoms with E-state index in [4.69, 9.17) is 11.1 Å². The highest BCUT2D eigenvalue weighted by atomic mass is 15.1. The minimum atomic E-state index is 0.322. The number of anilines is 1. The Balaban J connectivity index is 2.12. The van der Waals surface area contributed by atoms with Crippen LogP contribution < -0.4 is 16.4 Å². The van der Waals surface area contributed by atoms with Crippen molar-refractivity contribution in [2.24, 2.45) is 5.73 Å². The van der Waals surface area contributed by atoms with Crippen LogP contribution in [0.4, 0.5) is 5.69 Å². The van der Waals surface area contributed by atoms with E-state index in [-0.39, 0.29) is 0 Å². The molecule has 0 unspecified atom stereocenters. The summed E-state index contributed by atoms with van der Waals surface area (Å²) in [6.07, 6.45) is 1.78. The van der Waals surface area contributed by atoms with E-state index in [0.717, 1.165) is 25.1 Å². The number of benzene rings is 2. The van der Waals surface area contributed by atoms with E-state index in [2.05, 4.69) is 47.0 Å². The van der Waals surface area contributed by atoms with Gasteiger partial charge in [-0.3, -0.25) is 5.41 Å². The fourth-order valence-electron chi connectivity index (χ4n) is 2.47. The number of hydrogen-bond donors (Lipinski definition) is 4. The lowest BCUT2D eigenvalue weighted by molar-refractivity contribution is 0.945. The minimum Gasteiger partial charge on any atom is -0.357 e. The highest BCUT2D eigenvalue weighted by molar-refractivity contribution is 5.91. The molecule has 0 saturated carbocycles. The van der Waals surface area contributed by atoms with E-state index in [9.17, 15) is 0 Å². The summed E-state index contributed by atoms with van der Waals surface area (Å²) >= 11 is 0. The third-order valence-corrected chi connectivity index (χ3v) is 3.48. The molecule has 0 atom stereocenters. The molecule has 4 nitrogen and oxygen atoms in total. The molecule has 0 saturated heterocycles. The number of guanidine groups is 1. The van der Waals surface area contributed by atoms with Crippen molar-refractivity contribution in [3.8, 4) is 0 Å². The first-order chi connectivity index (χ1) is 10.7. The molecule has 2 rings (SSSR count). The number of nitrogens with one attached hydrogen (secondary N) is 3. The highest BCUT2D eigenvalue weighted by Gasteiger charge is 2.04. The largest absolute Gasteiger partial charge is 0.357 e. The Morgan fingerprint density at radius 1 is 1.09 bits per heavy atom.